The van der Waals surface area contributed by atoms with Crippen molar-refractivity contribution < 1.29 is 0 Å². The summed E-state index contributed by atoms with van der Waals surface area (Å²) in [4.78, 5) is 8.93. The van der Waals surface area contributed by atoms with Gasteiger partial charge in [0.25, 0.3) is 0 Å². The van der Waals surface area contributed by atoms with E-state index in [4.69, 9.17) is 0 Å². The largest absolute Gasteiger partial charge is 0.370 e. The average Bonchev–Trinajstić information content (AvgIpc) is 2.68. The van der Waals surface area contributed by atoms with Crippen molar-refractivity contribution in [3.63, 3.8) is 0 Å². The summed E-state index contributed by atoms with van der Waals surface area (Å²) in [5, 5.41) is 10.3. The summed E-state index contributed by atoms with van der Waals surface area (Å²) in [5.41, 5.74) is 1.01. The van der Waals surface area contributed by atoms with Gasteiger partial charge in [-0.1, -0.05) is 23.5 Å². The van der Waals surface area contributed by atoms with Crippen molar-refractivity contribution in [2.45, 2.75) is 29.1 Å². The number of aryl methyl sites for hydroxylation is 2. The summed E-state index contributed by atoms with van der Waals surface area (Å²) in [6.07, 6.45) is 1.98. The quantitative estimate of drug-likeness (QED) is 0.520. The molecule has 19 heavy (non-hydrogen) atoms. The first kappa shape index (κ1) is 14.2. The Morgan fingerprint density at radius 3 is 2.68 bits per heavy atom. The van der Waals surface area contributed by atoms with E-state index in [0.717, 1.165) is 33.3 Å². The van der Waals surface area contributed by atoms with Crippen LogP contribution < -0.4 is 5.32 Å². The van der Waals surface area contributed by atoms with Crippen LogP contribution in [-0.2, 0) is 7.05 Å². The molecule has 102 valence electrons. The summed E-state index contributed by atoms with van der Waals surface area (Å²) < 4.78 is 1.87. The third kappa shape index (κ3) is 3.63. The van der Waals surface area contributed by atoms with Crippen LogP contribution in [-0.4, -0.2) is 32.5 Å². The van der Waals surface area contributed by atoms with Gasteiger partial charge in [0.2, 0.25) is 0 Å². The highest BCUT2D eigenvalue weighted by atomic mass is 32.2. The third-order valence-corrected chi connectivity index (χ3v) is 3.95. The van der Waals surface area contributed by atoms with Crippen LogP contribution in [0.3, 0.4) is 0 Å². The Kier molecular flexibility index (Phi) is 4.71. The Balaban J connectivity index is 2.28. The molecule has 7 heteroatoms. The van der Waals surface area contributed by atoms with E-state index in [1.54, 1.807) is 23.5 Å². The van der Waals surface area contributed by atoms with Crippen molar-refractivity contribution in [2.75, 3.05) is 18.1 Å². The fourth-order valence-electron chi connectivity index (χ4n) is 1.61. The van der Waals surface area contributed by atoms with Crippen molar-refractivity contribution in [1.82, 2.24) is 19.7 Å². The minimum absolute atomic E-state index is 0.778. The molecule has 0 aromatic carbocycles. The number of nitrogens with one attached hydrogen (secondary N) is 1. The molecule has 0 radical (unpaired) electrons. The number of rotatable bonds is 5. The van der Waals surface area contributed by atoms with E-state index in [2.05, 4.69) is 33.4 Å². The van der Waals surface area contributed by atoms with E-state index in [-0.39, 0.29) is 0 Å². The predicted molar refractivity (Wildman–Crippen MR) is 80.0 cm³/mol. The molecular formula is C12H17N5S2. The number of nitrogens with zero attached hydrogens (tertiary/aromatic N) is 4. The molecule has 0 aliphatic heterocycles. The number of hydrogen-bond donors (Lipinski definition) is 1. The lowest BCUT2D eigenvalue weighted by molar-refractivity contribution is 0.691. The summed E-state index contributed by atoms with van der Waals surface area (Å²) >= 11 is 3.15. The average molecular weight is 295 g/mol. The van der Waals surface area contributed by atoms with Gasteiger partial charge < -0.3 is 5.32 Å². The number of hydrogen-bond acceptors (Lipinski definition) is 6. The molecule has 5 nitrogen and oxygen atoms in total. The highest BCUT2D eigenvalue weighted by Gasteiger charge is 2.09. The van der Waals surface area contributed by atoms with Crippen LogP contribution in [0.4, 0.5) is 5.82 Å². The van der Waals surface area contributed by atoms with Gasteiger partial charge in [0.1, 0.15) is 15.9 Å². The molecule has 0 saturated carbocycles. The lowest BCUT2D eigenvalue weighted by Gasteiger charge is -2.07. The van der Waals surface area contributed by atoms with Crippen LogP contribution in [0, 0.1) is 6.92 Å². The van der Waals surface area contributed by atoms with Crippen LogP contribution >= 0.6 is 23.5 Å². The normalized spacial score (nSPS) is 10.7. The van der Waals surface area contributed by atoms with E-state index in [1.807, 2.05) is 31.0 Å². The van der Waals surface area contributed by atoms with Gasteiger partial charge in [0.05, 0.1) is 5.69 Å². The van der Waals surface area contributed by atoms with Crippen LogP contribution in [0.5, 0.6) is 0 Å². The van der Waals surface area contributed by atoms with Gasteiger partial charge in [-0.25, -0.2) is 9.97 Å². The second-order valence-corrected chi connectivity index (χ2v) is 5.77. The van der Waals surface area contributed by atoms with Crippen LogP contribution in [0.25, 0.3) is 0 Å². The lowest BCUT2D eigenvalue weighted by Crippen LogP contribution is -2.02. The Bertz CT molecular complexity index is 567. The van der Waals surface area contributed by atoms with Gasteiger partial charge in [0.15, 0.2) is 5.16 Å². The standard InChI is InChI=1S/C12H17N5S2/c1-5-13-9-7-10(15-12(14-9)18-4)19-11-6-8(2)16-17(11)3/h6-7H,5H2,1-4H3,(H,13,14,15). The Hall–Kier alpha value is -1.21. The Labute approximate surface area is 121 Å². The molecule has 2 aromatic rings. The zero-order valence-corrected chi connectivity index (χ0v) is 13.1. The first-order chi connectivity index (χ1) is 9.12. The zero-order valence-electron chi connectivity index (χ0n) is 11.5. The monoisotopic (exact) mass is 295 g/mol. The van der Waals surface area contributed by atoms with Crippen molar-refractivity contribution in [2.24, 2.45) is 7.05 Å². The summed E-state index contributed by atoms with van der Waals surface area (Å²) in [6, 6.07) is 4.02. The van der Waals surface area contributed by atoms with Crippen LogP contribution in [0.2, 0.25) is 0 Å². The van der Waals surface area contributed by atoms with Crippen molar-refractivity contribution in [3.8, 4) is 0 Å². The SMILES string of the molecule is CCNc1cc(Sc2cc(C)nn2C)nc(SC)n1. The van der Waals surface area contributed by atoms with Crippen molar-refractivity contribution >= 4 is 29.3 Å². The topological polar surface area (TPSA) is 55.6 Å². The molecule has 2 heterocycles. The summed E-state index contributed by atoms with van der Waals surface area (Å²) in [7, 11) is 1.94. The van der Waals surface area contributed by atoms with Gasteiger partial charge >= 0.3 is 0 Å². The molecule has 0 aliphatic rings. The highest BCUT2D eigenvalue weighted by Crippen LogP contribution is 2.28. The van der Waals surface area contributed by atoms with E-state index in [1.165, 1.54) is 0 Å². The van der Waals surface area contributed by atoms with E-state index >= 15 is 0 Å². The molecule has 0 bridgehead atoms. The van der Waals surface area contributed by atoms with Gasteiger partial charge in [-0.05, 0) is 26.2 Å². The number of aromatic nitrogens is 4. The maximum Gasteiger partial charge on any atom is 0.190 e. The van der Waals surface area contributed by atoms with Gasteiger partial charge in [-0.3, -0.25) is 4.68 Å². The molecule has 0 unspecified atom stereocenters. The minimum Gasteiger partial charge on any atom is -0.370 e. The maximum absolute atomic E-state index is 4.51. The number of thioether (sulfide) groups is 1. The smallest absolute Gasteiger partial charge is 0.190 e. The summed E-state index contributed by atoms with van der Waals surface area (Å²) in [5.74, 6) is 0.864. The van der Waals surface area contributed by atoms with E-state index in [9.17, 15) is 0 Å². The van der Waals surface area contributed by atoms with Crippen molar-refractivity contribution in [3.05, 3.63) is 17.8 Å². The van der Waals surface area contributed by atoms with Crippen molar-refractivity contribution in [1.29, 1.82) is 0 Å². The van der Waals surface area contributed by atoms with Gasteiger partial charge in [-0.2, -0.15) is 5.10 Å². The second kappa shape index (κ2) is 6.29. The fraction of sp³-hybridized carbons (Fsp3) is 0.417. The molecular weight excluding hydrogens is 278 g/mol. The van der Waals surface area contributed by atoms with Gasteiger partial charge in [-0.15, -0.1) is 0 Å². The first-order valence-electron chi connectivity index (χ1n) is 5.97. The summed E-state index contributed by atoms with van der Waals surface area (Å²) in [6.45, 7) is 4.89. The highest BCUT2D eigenvalue weighted by molar-refractivity contribution is 7.99. The first-order valence-corrected chi connectivity index (χ1v) is 8.02. The molecule has 2 rings (SSSR count). The predicted octanol–water partition coefficient (Wildman–Crippen LogP) is 2.82. The minimum atomic E-state index is 0.778. The molecule has 0 spiro atoms. The number of anilines is 1. The second-order valence-electron chi connectivity index (χ2n) is 3.96. The molecule has 0 saturated heterocycles. The third-order valence-electron chi connectivity index (χ3n) is 2.39. The van der Waals surface area contributed by atoms with Crippen LogP contribution in [0.15, 0.2) is 27.3 Å². The molecule has 0 fully saturated rings. The Morgan fingerprint density at radius 2 is 2.11 bits per heavy atom. The van der Waals surface area contributed by atoms with Crippen LogP contribution in [0.1, 0.15) is 12.6 Å². The van der Waals surface area contributed by atoms with Gasteiger partial charge in [0, 0.05) is 19.7 Å². The molecule has 0 atom stereocenters. The van der Waals surface area contributed by atoms with E-state index < -0.39 is 0 Å². The molecule has 0 aliphatic carbocycles. The zero-order chi connectivity index (χ0) is 13.8. The fourth-order valence-corrected chi connectivity index (χ4v) is 2.96. The van der Waals surface area contributed by atoms with E-state index in [0.29, 0.717) is 0 Å². The Morgan fingerprint density at radius 1 is 1.32 bits per heavy atom. The molecule has 0 amide bonds. The maximum atomic E-state index is 4.51. The molecule has 2 aromatic heterocycles. The lowest BCUT2D eigenvalue weighted by atomic mass is 10.5. The molecule has 1 N–H and O–H groups in total.